The van der Waals surface area contributed by atoms with E-state index in [-0.39, 0.29) is 5.41 Å². The molecule has 2 rings (SSSR count). The molecule has 0 bridgehead atoms. The Bertz CT molecular complexity index is 550. The van der Waals surface area contributed by atoms with Gasteiger partial charge in [0.05, 0.1) is 7.11 Å². The van der Waals surface area contributed by atoms with Crippen LogP contribution in [0.4, 0.5) is 0 Å². The maximum Gasteiger partial charge on any atom is 0.191 e. The lowest BCUT2D eigenvalue weighted by Crippen LogP contribution is -2.12. The molecule has 2 aromatic rings. The smallest absolute Gasteiger partial charge is 0.191 e. The number of methoxy groups -OCH3 is 1. The van der Waals surface area contributed by atoms with Crippen molar-refractivity contribution in [3.63, 3.8) is 0 Å². The summed E-state index contributed by atoms with van der Waals surface area (Å²) in [6.07, 6.45) is 1.68. The Hall–Kier alpha value is -1.77. The second-order valence-electron chi connectivity index (χ2n) is 5.42. The largest absolute Gasteiger partial charge is 0.496 e. The van der Waals surface area contributed by atoms with Gasteiger partial charge in [0.25, 0.3) is 0 Å². The predicted octanol–water partition coefficient (Wildman–Crippen LogP) is 3.96. The molecule has 96 valence electrons. The molecule has 1 aromatic carbocycles. The van der Waals surface area contributed by atoms with E-state index in [1.165, 1.54) is 5.56 Å². The quantitative estimate of drug-likeness (QED) is 0.803. The standard InChI is InChI=1S/C15H19NO2/c1-10-16-13(9-18-10)11-6-7-14(17-5)12(8-11)15(2,3)4/h6-9H,1-5H3. The number of aryl methyl sites for hydroxylation is 1. The van der Waals surface area contributed by atoms with Gasteiger partial charge >= 0.3 is 0 Å². The highest BCUT2D eigenvalue weighted by molar-refractivity contribution is 5.62. The maximum atomic E-state index is 5.42. The Balaban J connectivity index is 2.52. The van der Waals surface area contributed by atoms with Gasteiger partial charge in [0.2, 0.25) is 0 Å². The minimum absolute atomic E-state index is 0.0279. The van der Waals surface area contributed by atoms with Gasteiger partial charge in [0.15, 0.2) is 5.89 Å². The van der Waals surface area contributed by atoms with E-state index in [1.807, 2.05) is 19.1 Å². The van der Waals surface area contributed by atoms with Crippen molar-refractivity contribution in [1.29, 1.82) is 0 Å². The molecular weight excluding hydrogens is 226 g/mol. The van der Waals surface area contributed by atoms with Crippen molar-refractivity contribution < 1.29 is 9.15 Å². The van der Waals surface area contributed by atoms with E-state index in [1.54, 1.807) is 13.4 Å². The van der Waals surface area contributed by atoms with E-state index >= 15 is 0 Å². The molecule has 0 atom stereocenters. The number of ether oxygens (including phenoxy) is 1. The van der Waals surface area contributed by atoms with Crippen LogP contribution in [0.3, 0.4) is 0 Å². The monoisotopic (exact) mass is 245 g/mol. The van der Waals surface area contributed by atoms with Gasteiger partial charge in [-0.1, -0.05) is 20.8 Å². The lowest BCUT2D eigenvalue weighted by atomic mass is 9.85. The number of hydrogen-bond acceptors (Lipinski definition) is 3. The van der Waals surface area contributed by atoms with Gasteiger partial charge in [-0.3, -0.25) is 0 Å². The Morgan fingerprint density at radius 3 is 2.44 bits per heavy atom. The molecule has 0 saturated carbocycles. The lowest BCUT2D eigenvalue weighted by Gasteiger charge is -2.22. The number of benzene rings is 1. The van der Waals surface area contributed by atoms with Crippen molar-refractivity contribution >= 4 is 0 Å². The van der Waals surface area contributed by atoms with E-state index in [9.17, 15) is 0 Å². The van der Waals surface area contributed by atoms with E-state index in [0.717, 1.165) is 17.0 Å². The molecule has 0 aliphatic carbocycles. The molecule has 0 aliphatic heterocycles. The minimum Gasteiger partial charge on any atom is -0.496 e. The predicted molar refractivity (Wildman–Crippen MR) is 71.9 cm³/mol. The molecule has 0 spiro atoms. The molecule has 18 heavy (non-hydrogen) atoms. The first-order chi connectivity index (χ1) is 8.41. The third-order valence-corrected chi connectivity index (χ3v) is 2.92. The van der Waals surface area contributed by atoms with E-state index in [0.29, 0.717) is 5.89 Å². The molecule has 0 fully saturated rings. The zero-order valence-corrected chi connectivity index (χ0v) is 11.6. The number of nitrogens with zero attached hydrogens (tertiary/aromatic N) is 1. The van der Waals surface area contributed by atoms with Crippen LogP contribution in [0.1, 0.15) is 32.2 Å². The minimum atomic E-state index is 0.0279. The van der Waals surface area contributed by atoms with Crippen LogP contribution in [0.15, 0.2) is 28.9 Å². The van der Waals surface area contributed by atoms with Gasteiger partial charge < -0.3 is 9.15 Å². The molecule has 0 amide bonds. The van der Waals surface area contributed by atoms with Crippen LogP contribution in [0.5, 0.6) is 5.75 Å². The topological polar surface area (TPSA) is 35.3 Å². The maximum absolute atomic E-state index is 5.42. The Kier molecular flexibility index (Phi) is 3.16. The lowest BCUT2D eigenvalue weighted by molar-refractivity contribution is 0.397. The summed E-state index contributed by atoms with van der Waals surface area (Å²) in [6, 6.07) is 6.11. The molecule has 3 nitrogen and oxygen atoms in total. The first kappa shape index (κ1) is 12.7. The second kappa shape index (κ2) is 4.48. The van der Waals surface area contributed by atoms with Crippen LogP contribution in [-0.2, 0) is 5.41 Å². The Labute approximate surface area is 108 Å². The molecule has 1 heterocycles. The summed E-state index contributed by atoms with van der Waals surface area (Å²) < 4.78 is 10.7. The molecule has 0 radical (unpaired) electrons. The van der Waals surface area contributed by atoms with E-state index < -0.39 is 0 Å². The van der Waals surface area contributed by atoms with Crippen molar-refractivity contribution in [3.05, 3.63) is 35.9 Å². The van der Waals surface area contributed by atoms with Gasteiger partial charge in [-0.2, -0.15) is 0 Å². The number of hydrogen-bond donors (Lipinski definition) is 0. The fourth-order valence-electron chi connectivity index (χ4n) is 1.95. The van der Waals surface area contributed by atoms with Crippen molar-refractivity contribution in [2.75, 3.05) is 7.11 Å². The first-order valence-electron chi connectivity index (χ1n) is 6.03. The van der Waals surface area contributed by atoms with Crippen LogP contribution < -0.4 is 4.74 Å². The summed E-state index contributed by atoms with van der Waals surface area (Å²) in [4.78, 5) is 4.35. The summed E-state index contributed by atoms with van der Waals surface area (Å²) in [7, 11) is 1.70. The molecule has 0 N–H and O–H groups in total. The zero-order chi connectivity index (χ0) is 13.3. The van der Waals surface area contributed by atoms with Crippen molar-refractivity contribution in [1.82, 2.24) is 4.98 Å². The highest BCUT2D eigenvalue weighted by Crippen LogP contribution is 2.34. The Morgan fingerprint density at radius 1 is 1.22 bits per heavy atom. The molecule has 0 saturated heterocycles. The number of rotatable bonds is 2. The van der Waals surface area contributed by atoms with Gasteiger partial charge in [-0.15, -0.1) is 0 Å². The molecule has 0 aliphatic rings. The van der Waals surface area contributed by atoms with Crippen LogP contribution >= 0.6 is 0 Å². The van der Waals surface area contributed by atoms with Crippen molar-refractivity contribution in [2.24, 2.45) is 0 Å². The summed E-state index contributed by atoms with van der Waals surface area (Å²) in [5.74, 6) is 1.59. The second-order valence-corrected chi connectivity index (χ2v) is 5.42. The number of oxazole rings is 1. The summed E-state index contributed by atoms with van der Waals surface area (Å²) >= 11 is 0. The van der Waals surface area contributed by atoms with E-state index in [2.05, 4.69) is 31.8 Å². The molecule has 0 unspecified atom stereocenters. The third-order valence-electron chi connectivity index (χ3n) is 2.92. The van der Waals surface area contributed by atoms with Gasteiger partial charge in [-0.05, 0) is 23.6 Å². The van der Waals surface area contributed by atoms with Crippen molar-refractivity contribution in [2.45, 2.75) is 33.1 Å². The highest BCUT2D eigenvalue weighted by atomic mass is 16.5. The van der Waals surface area contributed by atoms with Crippen molar-refractivity contribution in [3.8, 4) is 17.0 Å². The average Bonchev–Trinajstić information content (AvgIpc) is 2.74. The van der Waals surface area contributed by atoms with Crippen LogP contribution in [0.25, 0.3) is 11.3 Å². The van der Waals surface area contributed by atoms with Gasteiger partial charge in [0, 0.05) is 18.1 Å². The zero-order valence-electron chi connectivity index (χ0n) is 11.6. The number of aromatic nitrogens is 1. The SMILES string of the molecule is COc1ccc(-c2coc(C)n2)cc1C(C)(C)C. The fraction of sp³-hybridized carbons (Fsp3) is 0.400. The third kappa shape index (κ3) is 2.40. The normalized spacial score (nSPS) is 11.6. The van der Waals surface area contributed by atoms with Gasteiger partial charge in [-0.25, -0.2) is 4.98 Å². The summed E-state index contributed by atoms with van der Waals surface area (Å²) in [5.41, 5.74) is 3.11. The summed E-state index contributed by atoms with van der Waals surface area (Å²) in [6.45, 7) is 8.35. The van der Waals surface area contributed by atoms with Crippen LogP contribution in [-0.4, -0.2) is 12.1 Å². The van der Waals surface area contributed by atoms with Gasteiger partial charge in [0.1, 0.15) is 17.7 Å². The Morgan fingerprint density at radius 2 is 1.94 bits per heavy atom. The summed E-state index contributed by atoms with van der Waals surface area (Å²) in [5, 5.41) is 0. The van der Waals surface area contributed by atoms with Crippen LogP contribution in [0, 0.1) is 6.92 Å². The highest BCUT2D eigenvalue weighted by Gasteiger charge is 2.20. The average molecular weight is 245 g/mol. The van der Waals surface area contributed by atoms with Crippen LogP contribution in [0.2, 0.25) is 0 Å². The fourth-order valence-corrected chi connectivity index (χ4v) is 1.95. The molecule has 3 heteroatoms. The molecule has 1 aromatic heterocycles. The molecular formula is C15H19NO2. The first-order valence-corrected chi connectivity index (χ1v) is 6.03. The van der Waals surface area contributed by atoms with E-state index in [4.69, 9.17) is 9.15 Å².